The normalized spacial score (nSPS) is 10.8. The van der Waals surface area contributed by atoms with Crippen LogP contribution < -0.4 is 0 Å². The summed E-state index contributed by atoms with van der Waals surface area (Å²) >= 11 is 7.21. The zero-order chi connectivity index (χ0) is 23.0. The van der Waals surface area contributed by atoms with Crippen molar-refractivity contribution in [3.8, 4) is 0 Å². The third kappa shape index (κ3) is 6.77. The van der Waals surface area contributed by atoms with Crippen LogP contribution in [0.4, 0.5) is 0 Å². The Bertz CT molecular complexity index is 1330. The highest BCUT2D eigenvalue weighted by molar-refractivity contribution is 8.00. The second kappa shape index (κ2) is 11.8. The van der Waals surface area contributed by atoms with E-state index in [0.29, 0.717) is 0 Å². The molecule has 0 nitrogen and oxygen atoms in total. The van der Waals surface area contributed by atoms with E-state index in [0.717, 1.165) is 0 Å². The lowest BCUT2D eigenvalue weighted by atomic mass is 10.4. The summed E-state index contributed by atoms with van der Waals surface area (Å²) in [6.45, 7) is 0. The number of rotatable bonds is 8. The number of benzene rings is 5. The lowest BCUT2D eigenvalue weighted by molar-refractivity contribution is 1.28. The lowest BCUT2D eigenvalue weighted by Gasteiger charge is -2.08. The van der Waals surface area contributed by atoms with Gasteiger partial charge in [-0.15, -0.1) is 0 Å². The highest BCUT2D eigenvalue weighted by Crippen LogP contribution is 2.37. The fraction of sp³-hybridized carbons (Fsp3) is 0. The van der Waals surface area contributed by atoms with E-state index >= 15 is 0 Å². The molecule has 5 aromatic rings. The summed E-state index contributed by atoms with van der Waals surface area (Å²) in [5.74, 6) is 0. The van der Waals surface area contributed by atoms with E-state index in [-0.39, 0.29) is 0 Å². The van der Waals surface area contributed by atoms with Crippen molar-refractivity contribution in [3.63, 3.8) is 0 Å². The van der Waals surface area contributed by atoms with Crippen LogP contribution in [0.1, 0.15) is 0 Å². The van der Waals surface area contributed by atoms with Gasteiger partial charge < -0.3 is 0 Å². The maximum atomic E-state index is 2.28. The maximum Gasteiger partial charge on any atom is 0.0133 e. The van der Waals surface area contributed by atoms with Crippen molar-refractivity contribution >= 4 is 47.0 Å². The quantitative estimate of drug-likeness (QED) is 0.203. The summed E-state index contributed by atoms with van der Waals surface area (Å²) < 4.78 is 0. The Morgan fingerprint density at radius 2 is 0.500 bits per heavy atom. The Labute approximate surface area is 218 Å². The molecular formula is C30H22S4. The van der Waals surface area contributed by atoms with Crippen LogP contribution in [0.5, 0.6) is 0 Å². The predicted octanol–water partition coefficient (Wildman–Crippen LogP) is 10.3. The summed E-state index contributed by atoms with van der Waals surface area (Å²) in [5, 5.41) is 0. The number of hydrogen-bond donors (Lipinski definition) is 0. The zero-order valence-corrected chi connectivity index (χ0v) is 21.6. The van der Waals surface area contributed by atoms with Crippen LogP contribution in [0.3, 0.4) is 0 Å². The van der Waals surface area contributed by atoms with E-state index in [9.17, 15) is 0 Å². The first kappa shape index (κ1) is 23.3. The molecule has 0 spiro atoms. The van der Waals surface area contributed by atoms with Crippen molar-refractivity contribution in [2.24, 2.45) is 0 Å². The van der Waals surface area contributed by atoms with Gasteiger partial charge in [0.1, 0.15) is 0 Å². The summed E-state index contributed by atoms with van der Waals surface area (Å²) in [5.41, 5.74) is 0. The van der Waals surface area contributed by atoms with Crippen LogP contribution in [-0.2, 0) is 0 Å². The smallest absolute Gasteiger partial charge is 0.0133 e. The first-order valence-electron chi connectivity index (χ1n) is 10.9. The Hall–Kier alpha value is -2.50. The standard InChI is InChI=1S/C30H22S4/c1-3-9-23(10-4-1)31-25-17-19-26(20-18-25)33-28-14-8-16-30(22-28)34-29-15-7-13-27(21-29)32-24-11-5-2-6-12-24/h1-22H. The van der Waals surface area contributed by atoms with Gasteiger partial charge in [0.05, 0.1) is 0 Å². The third-order valence-corrected chi connectivity index (χ3v) is 8.85. The van der Waals surface area contributed by atoms with E-state index in [1.54, 1.807) is 35.3 Å². The Balaban J connectivity index is 1.23. The van der Waals surface area contributed by atoms with Gasteiger partial charge in [0.2, 0.25) is 0 Å². The van der Waals surface area contributed by atoms with Gasteiger partial charge in [-0.1, -0.05) is 95.6 Å². The van der Waals surface area contributed by atoms with Crippen LogP contribution in [-0.4, -0.2) is 0 Å². The van der Waals surface area contributed by atoms with Gasteiger partial charge in [-0.2, -0.15) is 0 Å². The fourth-order valence-corrected chi connectivity index (χ4v) is 7.00. The van der Waals surface area contributed by atoms with E-state index in [1.165, 1.54) is 39.2 Å². The van der Waals surface area contributed by atoms with Gasteiger partial charge in [-0.3, -0.25) is 0 Å². The van der Waals surface area contributed by atoms with Crippen molar-refractivity contribution in [2.75, 3.05) is 0 Å². The van der Waals surface area contributed by atoms with Crippen molar-refractivity contribution in [1.29, 1.82) is 0 Å². The molecule has 0 heterocycles. The minimum Gasteiger partial charge on any atom is -0.0901 e. The maximum absolute atomic E-state index is 2.28. The minimum atomic E-state index is 1.25. The molecule has 4 heteroatoms. The molecule has 0 saturated carbocycles. The van der Waals surface area contributed by atoms with Gasteiger partial charge >= 0.3 is 0 Å². The average Bonchev–Trinajstić information content (AvgIpc) is 2.87. The lowest BCUT2D eigenvalue weighted by Crippen LogP contribution is -1.79. The Morgan fingerprint density at radius 1 is 0.235 bits per heavy atom. The topological polar surface area (TPSA) is 0 Å². The molecule has 0 atom stereocenters. The summed E-state index contributed by atoms with van der Waals surface area (Å²) in [7, 11) is 0. The highest BCUT2D eigenvalue weighted by Gasteiger charge is 2.04. The average molecular weight is 511 g/mol. The van der Waals surface area contributed by atoms with E-state index < -0.39 is 0 Å². The molecule has 0 bridgehead atoms. The van der Waals surface area contributed by atoms with Crippen LogP contribution in [0, 0.1) is 0 Å². The van der Waals surface area contributed by atoms with Crippen LogP contribution >= 0.6 is 47.0 Å². The van der Waals surface area contributed by atoms with E-state index in [4.69, 9.17) is 0 Å². The summed E-state index contributed by atoms with van der Waals surface area (Å²) in [6.07, 6.45) is 0. The molecule has 166 valence electrons. The second-order valence-corrected chi connectivity index (χ2v) is 12.0. The second-order valence-electron chi connectivity index (χ2n) is 7.46. The molecule has 5 rings (SSSR count). The SMILES string of the molecule is c1ccc(Sc2ccc(Sc3cccc(Sc4cccc(Sc5ccccc5)c4)c3)cc2)cc1. The van der Waals surface area contributed by atoms with Crippen LogP contribution in [0.2, 0.25) is 0 Å². The molecule has 0 saturated heterocycles. The first-order valence-corrected chi connectivity index (χ1v) is 14.2. The van der Waals surface area contributed by atoms with Crippen molar-refractivity contribution in [3.05, 3.63) is 133 Å². The van der Waals surface area contributed by atoms with Gasteiger partial charge in [-0.25, -0.2) is 0 Å². The molecule has 0 aromatic heterocycles. The molecule has 5 aromatic carbocycles. The molecule has 0 N–H and O–H groups in total. The molecule has 0 aliphatic carbocycles. The van der Waals surface area contributed by atoms with Gasteiger partial charge in [0.25, 0.3) is 0 Å². The molecule has 0 unspecified atom stereocenters. The molecule has 0 aliphatic heterocycles. The Kier molecular flexibility index (Phi) is 8.05. The Morgan fingerprint density at radius 3 is 0.882 bits per heavy atom. The monoisotopic (exact) mass is 510 g/mol. The minimum absolute atomic E-state index is 1.25. The van der Waals surface area contributed by atoms with Crippen molar-refractivity contribution in [2.45, 2.75) is 39.2 Å². The largest absolute Gasteiger partial charge is 0.0901 e. The molecule has 0 aliphatic rings. The molecular weight excluding hydrogens is 489 g/mol. The summed E-state index contributed by atoms with van der Waals surface area (Å²) in [6, 6.07) is 47.4. The molecule has 34 heavy (non-hydrogen) atoms. The number of hydrogen-bond acceptors (Lipinski definition) is 4. The predicted molar refractivity (Wildman–Crippen MR) is 149 cm³/mol. The van der Waals surface area contributed by atoms with Gasteiger partial charge in [0, 0.05) is 39.2 Å². The van der Waals surface area contributed by atoms with Crippen molar-refractivity contribution < 1.29 is 0 Å². The third-order valence-electron chi connectivity index (χ3n) is 4.86. The van der Waals surface area contributed by atoms with E-state index in [2.05, 4.69) is 133 Å². The van der Waals surface area contributed by atoms with Crippen molar-refractivity contribution in [1.82, 2.24) is 0 Å². The van der Waals surface area contributed by atoms with Crippen LogP contribution in [0.15, 0.2) is 173 Å². The van der Waals surface area contributed by atoms with E-state index in [1.807, 2.05) is 11.8 Å². The van der Waals surface area contributed by atoms with Gasteiger partial charge in [0.15, 0.2) is 0 Å². The van der Waals surface area contributed by atoms with Crippen LogP contribution in [0.25, 0.3) is 0 Å². The molecule has 0 radical (unpaired) electrons. The molecule has 0 amide bonds. The fourth-order valence-electron chi connectivity index (χ4n) is 3.30. The first-order chi connectivity index (χ1) is 16.8. The summed E-state index contributed by atoms with van der Waals surface area (Å²) in [4.78, 5) is 10.1. The highest BCUT2D eigenvalue weighted by atomic mass is 32.2. The molecule has 0 fully saturated rings. The zero-order valence-electron chi connectivity index (χ0n) is 18.3. The van der Waals surface area contributed by atoms with Gasteiger partial charge in [-0.05, 0) is 84.9 Å².